The maximum Gasteiger partial charge on any atom is 0.356 e. The molecule has 0 fully saturated rings. The Hall–Kier alpha value is -2.18. The van der Waals surface area contributed by atoms with Gasteiger partial charge in [0.1, 0.15) is 5.69 Å². The van der Waals surface area contributed by atoms with E-state index in [-0.39, 0.29) is 0 Å². The molecule has 0 aromatic carbocycles. The molecule has 66 valence electrons. The zero-order valence-electron chi connectivity index (χ0n) is 6.51. The molecule has 1 amide bonds. The minimum absolute atomic E-state index is 0.455. The lowest BCUT2D eigenvalue weighted by molar-refractivity contribution is 0.244. The van der Waals surface area contributed by atoms with Gasteiger partial charge in [-0.3, -0.25) is 4.99 Å². The van der Waals surface area contributed by atoms with Crippen molar-refractivity contribution in [2.75, 3.05) is 5.32 Å². The molecule has 0 aliphatic carbocycles. The number of nitrogens with zero attached hydrogens (tertiary/aromatic N) is 4. The van der Waals surface area contributed by atoms with Gasteiger partial charge in [0.05, 0.1) is 6.21 Å². The van der Waals surface area contributed by atoms with Crippen LogP contribution in [0.25, 0.3) is 0 Å². The molecule has 0 saturated carbocycles. The Morgan fingerprint density at radius 1 is 1.54 bits per heavy atom. The smallest absolute Gasteiger partial charge is 0.348 e. The number of primary amides is 1. The lowest BCUT2D eigenvalue weighted by Gasteiger charge is -1.90. The lowest BCUT2D eigenvalue weighted by atomic mass is 10.5. The van der Waals surface area contributed by atoms with Gasteiger partial charge in [-0.1, -0.05) is 4.80 Å². The Balaban J connectivity index is 2.46. The van der Waals surface area contributed by atoms with Crippen LogP contribution >= 0.6 is 0 Å². The van der Waals surface area contributed by atoms with Gasteiger partial charge in [0.15, 0.2) is 5.82 Å². The summed E-state index contributed by atoms with van der Waals surface area (Å²) in [6, 6.07) is -0.729. The van der Waals surface area contributed by atoms with Crippen LogP contribution in [0.5, 0.6) is 0 Å². The van der Waals surface area contributed by atoms with E-state index >= 15 is 0 Å². The van der Waals surface area contributed by atoms with E-state index in [4.69, 9.17) is 5.73 Å². The minimum atomic E-state index is -0.729. The van der Waals surface area contributed by atoms with E-state index in [0.717, 1.165) is 4.80 Å². The fourth-order valence-electron chi connectivity index (χ4n) is 0.879. The number of hydrogen-bond acceptors (Lipinski definition) is 5. The van der Waals surface area contributed by atoms with E-state index in [2.05, 4.69) is 20.5 Å². The second-order valence-corrected chi connectivity index (χ2v) is 2.30. The molecular weight excluding hydrogens is 172 g/mol. The first kappa shape index (κ1) is 7.47. The highest BCUT2D eigenvalue weighted by Gasteiger charge is 2.11. The van der Waals surface area contributed by atoms with Gasteiger partial charge < -0.3 is 11.1 Å². The summed E-state index contributed by atoms with van der Waals surface area (Å²) >= 11 is 0. The van der Waals surface area contributed by atoms with E-state index in [0.29, 0.717) is 11.5 Å². The average Bonchev–Trinajstić information content (AvgIpc) is 2.38. The van der Waals surface area contributed by atoms with Crippen LogP contribution in [0.2, 0.25) is 0 Å². The van der Waals surface area contributed by atoms with E-state index < -0.39 is 6.03 Å². The first-order chi connectivity index (χ1) is 6.27. The predicted octanol–water partition coefficient (Wildman–Crippen LogP) is -0.480. The standard InChI is InChI=1S/C6H6N6O/c7-6(13)12-10-4-3-8-1-2-9-5(4)11-12/h1-3H,(H2,7,13)(H,9,11). The average molecular weight is 178 g/mol. The van der Waals surface area contributed by atoms with Crippen molar-refractivity contribution < 1.29 is 4.79 Å². The zero-order valence-corrected chi connectivity index (χ0v) is 6.51. The summed E-state index contributed by atoms with van der Waals surface area (Å²) in [4.78, 5) is 15.3. The normalized spacial score (nSPS) is 13.2. The molecule has 0 atom stereocenters. The number of carbonyl (C=O) groups is 1. The summed E-state index contributed by atoms with van der Waals surface area (Å²) in [5.41, 5.74) is 5.45. The van der Waals surface area contributed by atoms with Gasteiger partial charge in [0.25, 0.3) is 0 Å². The highest BCUT2D eigenvalue weighted by Crippen LogP contribution is 2.08. The zero-order chi connectivity index (χ0) is 9.26. The predicted molar refractivity (Wildman–Crippen MR) is 45.4 cm³/mol. The first-order valence-corrected chi connectivity index (χ1v) is 3.49. The Bertz CT molecular complexity index is 403. The number of aromatic nitrogens is 3. The molecule has 1 aliphatic heterocycles. The van der Waals surface area contributed by atoms with Crippen molar-refractivity contribution in [3.63, 3.8) is 0 Å². The highest BCUT2D eigenvalue weighted by atomic mass is 16.2. The topological polar surface area (TPSA) is 98.2 Å². The number of nitrogens with one attached hydrogen (secondary N) is 1. The first-order valence-electron chi connectivity index (χ1n) is 3.49. The van der Waals surface area contributed by atoms with Crippen LogP contribution in [0.1, 0.15) is 5.69 Å². The summed E-state index contributed by atoms with van der Waals surface area (Å²) in [5, 5.41) is 10.4. The molecule has 1 aliphatic rings. The van der Waals surface area contributed by atoms with Crippen molar-refractivity contribution in [3.8, 4) is 0 Å². The molecule has 0 spiro atoms. The second kappa shape index (κ2) is 2.70. The van der Waals surface area contributed by atoms with E-state index in [1.807, 2.05) is 0 Å². The monoisotopic (exact) mass is 178 g/mol. The summed E-state index contributed by atoms with van der Waals surface area (Å²) in [6.07, 6.45) is 4.62. The number of carbonyl (C=O) groups excluding carboxylic acids is 1. The van der Waals surface area contributed by atoms with E-state index in [1.165, 1.54) is 6.21 Å². The quantitative estimate of drug-likeness (QED) is 0.560. The molecule has 0 unspecified atom stereocenters. The molecule has 2 rings (SSSR count). The van der Waals surface area contributed by atoms with Crippen molar-refractivity contribution in [2.24, 2.45) is 10.7 Å². The van der Waals surface area contributed by atoms with Gasteiger partial charge in [-0.25, -0.2) is 4.79 Å². The molecule has 7 nitrogen and oxygen atoms in total. The fraction of sp³-hybridized carbons (Fsp3) is 0. The third kappa shape index (κ3) is 1.26. The van der Waals surface area contributed by atoms with Gasteiger partial charge in [0.2, 0.25) is 0 Å². The minimum Gasteiger partial charge on any atom is -0.348 e. The van der Waals surface area contributed by atoms with Crippen LogP contribution in [0.3, 0.4) is 0 Å². The van der Waals surface area contributed by atoms with Crippen molar-refractivity contribution in [3.05, 3.63) is 18.1 Å². The second-order valence-electron chi connectivity index (χ2n) is 2.30. The van der Waals surface area contributed by atoms with Crippen molar-refractivity contribution in [2.45, 2.75) is 0 Å². The van der Waals surface area contributed by atoms with Crippen molar-refractivity contribution in [1.82, 2.24) is 15.0 Å². The van der Waals surface area contributed by atoms with E-state index in [1.54, 1.807) is 12.4 Å². The molecule has 2 heterocycles. The summed E-state index contributed by atoms with van der Waals surface area (Å²) in [6.45, 7) is 0. The molecule has 0 saturated heterocycles. The molecular formula is C6H6N6O. The number of rotatable bonds is 0. The van der Waals surface area contributed by atoms with Gasteiger partial charge in [-0.15, -0.1) is 10.2 Å². The van der Waals surface area contributed by atoms with E-state index in [9.17, 15) is 4.79 Å². The Morgan fingerprint density at radius 2 is 2.38 bits per heavy atom. The van der Waals surface area contributed by atoms with Crippen LogP contribution in [-0.4, -0.2) is 27.2 Å². The van der Waals surface area contributed by atoms with Crippen LogP contribution in [0.15, 0.2) is 17.4 Å². The van der Waals surface area contributed by atoms with Gasteiger partial charge in [-0.2, -0.15) is 0 Å². The third-order valence-corrected chi connectivity index (χ3v) is 1.41. The van der Waals surface area contributed by atoms with Gasteiger partial charge >= 0.3 is 6.03 Å². The van der Waals surface area contributed by atoms with Gasteiger partial charge in [0, 0.05) is 12.4 Å². The summed E-state index contributed by atoms with van der Waals surface area (Å²) in [7, 11) is 0. The molecule has 0 radical (unpaired) electrons. The van der Waals surface area contributed by atoms with Crippen LogP contribution in [0.4, 0.5) is 10.6 Å². The number of anilines is 1. The van der Waals surface area contributed by atoms with Crippen LogP contribution in [0, 0.1) is 0 Å². The molecule has 3 N–H and O–H groups in total. The van der Waals surface area contributed by atoms with Crippen LogP contribution in [-0.2, 0) is 0 Å². The Morgan fingerprint density at radius 3 is 3.15 bits per heavy atom. The number of amides is 1. The molecule has 0 bridgehead atoms. The molecule has 7 heteroatoms. The lowest BCUT2D eigenvalue weighted by Crippen LogP contribution is -2.22. The Labute approximate surface area is 72.9 Å². The molecule has 1 aromatic rings. The number of nitrogens with two attached hydrogens (primary N) is 1. The largest absolute Gasteiger partial charge is 0.356 e. The highest BCUT2D eigenvalue weighted by molar-refractivity contribution is 5.86. The van der Waals surface area contributed by atoms with Crippen LogP contribution < -0.4 is 11.1 Å². The summed E-state index contributed by atoms with van der Waals surface area (Å²) < 4.78 is 0. The maximum absolute atomic E-state index is 10.7. The van der Waals surface area contributed by atoms with Crippen molar-refractivity contribution >= 4 is 18.1 Å². The van der Waals surface area contributed by atoms with Crippen molar-refractivity contribution in [1.29, 1.82) is 0 Å². The third-order valence-electron chi connectivity index (χ3n) is 1.41. The molecule has 1 aromatic heterocycles. The number of hydrogen-bond donors (Lipinski definition) is 2. The fourth-order valence-corrected chi connectivity index (χ4v) is 0.879. The number of fused-ring (bicyclic) bond motifs is 1. The summed E-state index contributed by atoms with van der Waals surface area (Å²) in [5.74, 6) is 0.455. The Kier molecular flexibility index (Phi) is 1.55. The number of aliphatic imine (C=N–C) groups is 1. The van der Waals surface area contributed by atoms with Gasteiger partial charge in [-0.05, 0) is 0 Å². The molecule has 13 heavy (non-hydrogen) atoms. The SMILES string of the molecule is NC(=O)n1nc2c(n1)NC=CN=C2. The maximum atomic E-state index is 10.7.